The van der Waals surface area contributed by atoms with Crippen LogP contribution in [0.4, 0.5) is 0 Å². The highest BCUT2D eigenvalue weighted by molar-refractivity contribution is 5.46. The smallest absolute Gasteiger partial charge is 0.140 e. The van der Waals surface area contributed by atoms with Crippen LogP contribution in [0.1, 0.15) is 16.7 Å². The van der Waals surface area contributed by atoms with Crippen molar-refractivity contribution in [2.75, 3.05) is 7.11 Å². The van der Waals surface area contributed by atoms with Gasteiger partial charge in [0.05, 0.1) is 0 Å². The van der Waals surface area contributed by atoms with Crippen molar-refractivity contribution in [1.82, 2.24) is 0 Å². The average Bonchev–Trinajstić information content (AvgIpc) is 2.65. The molecule has 0 saturated heterocycles. The fraction of sp³-hybridized carbons (Fsp3) is 0.100. The van der Waals surface area contributed by atoms with E-state index in [2.05, 4.69) is 0 Å². The molecule has 0 spiro atoms. The van der Waals surface area contributed by atoms with Gasteiger partial charge in [-0.15, -0.1) is 0 Å². The molecule has 0 radical (unpaired) electrons. The lowest BCUT2D eigenvalue weighted by Crippen LogP contribution is -2.28. The first-order valence-electron chi connectivity index (χ1n) is 7.15. The maximum absolute atomic E-state index is 11.4. The van der Waals surface area contributed by atoms with Crippen LogP contribution in [0.15, 0.2) is 91.0 Å². The third-order valence-corrected chi connectivity index (χ3v) is 3.57. The first kappa shape index (κ1) is 16.0. The molecule has 22 heavy (non-hydrogen) atoms. The Bertz CT molecular complexity index is 567. The van der Waals surface area contributed by atoms with E-state index in [1.807, 2.05) is 91.0 Å². The summed E-state index contributed by atoms with van der Waals surface area (Å²) in [4.78, 5) is 0. The van der Waals surface area contributed by atoms with E-state index in [0.29, 0.717) is 0 Å². The number of aliphatic hydroxyl groups is 2. The Hall–Kier alpha value is -2.42. The first-order chi connectivity index (χ1) is 10.8. The topological polar surface area (TPSA) is 40.5 Å². The minimum absolute atomic E-state index is 0.873. The van der Waals surface area contributed by atoms with Crippen molar-refractivity contribution in [3.8, 4) is 0 Å². The van der Waals surface area contributed by atoms with Gasteiger partial charge in [0.15, 0.2) is 0 Å². The molecule has 2 nitrogen and oxygen atoms in total. The molecule has 3 rings (SSSR count). The minimum Gasteiger partial charge on any atom is -0.400 e. The van der Waals surface area contributed by atoms with Crippen molar-refractivity contribution in [2.24, 2.45) is 0 Å². The molecule has 0 atom stereocenters. The fourth-order valence-corrected chi connectivity index (χ4v) is 2.54. The molecule has 3 aromatic carbocycles. The van der Waals surface area contributed by atoms with E-state index in [4.69, 9.17) is 5.11 Å². The van der Waals surface area contributed by atoms with E-state index in [-0.39, 0.29) is 0 Å². The molecular formula is C20H20O2. The molecule has 0 aliphatic heterocycles. The zero-order valence-corrected chi connectivity index (χ0v) is 12.6. The molecule has 0 heterocycles. The quantitative estimate of drug-likeness (QED) is 0.724. The van der Waals surface area contributed by atoms with Crippen molar-refractivity contribution in [3.63, 3.8) is 0 Å². The van der Waals surface area contributed by atoms with E-state index in [0.717, 1.165) is 23.8 Å². The van der Waals surface area contributed by atoms with Crippen LogP contribution in [0.25, 0.3) is 0 Å². The molecule has 3 aromatic rings. The molecule has 0 bridgehead atoms. The molecule has 0 fully saturated rings. The highest BCUT2D eigenvalue weighted by Gasteiger charge is 2.33. The highest BCUT2D eigenvalue weighted by Crippen LogP contribution is 2.36. The van der Waals surface area contributed by atoms with Crippen molar-refractivity contribution in [2.45, 2.75) is 5.60 Å². The lowest BCUT2D eigenvalue weighted by molar-refractivity contribution is 0.125. The van der Waals surface area contributed by atoms with Crippen molar-refractivity contribution >= 4 is 0 Å². The molecular weight excluding hydrogens is 272 g/mol. The van der Waals surface area contributed by atoms with Crippen LogP contribution in [0.2, 0.25) is 0 Å². The standard InChI is InChI=1S/C19H16O.CH4O/c20-19(16-10-4-1-5-11-16,17-12-6-2-7-13-17)18-14-8-3-9-15-18;1-2/h1-15,20H;2H,1H3. The van der Waals surface area contributed by atoms with Crippen molar-refractivity contribution in [1.29, 1.82) is 0 Å². The number of benzene rings is 3. The molecule has 2 heteroatoms. The van der Waals surface area contributed by atoms with E-state index >= 15 is 0 Å². The maximum Gasteiger partial charge on any atom is 0.140 e. The van der Waals surface area contributed by atoms with Gasteiger partial charge in [0.25, 0.3) is 0 Å². The monoisotopic (exact) mass is 292 g/mol. The van der Waals surface area contributed by atoms with Crippen molar-refractivity contribution < 1.29 is 10.2 Å². The summed E-state index contributed by atoms with van der Waals surface area (Å²) in [5.41, 5.74) is 1.50. The Morgan fingerprint density at radius 2 is 0.727 bits per heavy atom. The van der Waals surface area contributed by atoms with Gasteiger partial charge < -0.3 is 10.2 Å². The van der Waals surface area contributed by atoms with Gasteiger partial charge in [-0.2, -0.15) is 0 Å². The van der Waals surface area contributed by atoms with E-state index in [1.54, 1.807) is 0 Å². The molecule has 0 aliphatic rings. The van der Waals surface area contributed by atoms with Crippen LogP contribution in [-0.4, -0.2) is 17.3 Å². The molecule has 0 aliphatic carbocycles. The van der Waals surface area contributed by atoms with Gasteiger partial charge in [-0.1, -0.05) is 91.0 Å². The van der Waals surface area contributed by atoms with Crippen LogP contribution < -0.4 is 0 Å². The molecule has 0 aromatic heterocycles. The summed E-state index contributed by atoms with van der Waals surface area (Å²) in [6, 6.07) is 29.3. The zero-order chi connectivity index (χ0) is 15.8. The summed E-state index contributed by atoms with van der Waals surface area (Å²) in [6.07, 6.45) is 0. The third-order valence-electron chi connectivity index (χ3n) is 3.57. The van der Waals surface area contributed by atoms with E-state index < -0.39 is 5.60 Å². The average molecular weight is 292 g/mol. The maximum atomic E-state index is 11.4. The molecule has 0 unspecified atom stereocenters. The highest BCUT2D eigenvalue weighted by atomic mass is 16.3. The Labute approximate surface area is 131 Å². The Balaban J connectivity index is 0.000000847. The normalized spacial score (nSPS) is 10.5. The van der Waals surface area contributed by atoms with Gasteiger partial charge in [0.1, 0.15) is 5.60 Å². The van der Waals surface area contributed by atoms with Gasteiger partial charge >= 0.3 is 0 Å². The lowest BCUT2D eigenvalue weighted by Gasteiger charge is -2.30. The summed E-state index contributed by atoms with van der Waals surface area (Å²) >= 11 is 0. The van der Waals surface area contributed by atoms with Gasteiger partial charge in [-0.3, -0.25) is 0 Å². The number of hydrogen-bond donors (Lipinski definition) is 2. The Morgan fingerprint density at radius 1 is 0.500 bits per heavy atom. The fourth-order valence-electron chi connectivity index (χ4n) is 2.54. The second kappa shape index (κ2) is 7.55. The predicted octanol–water partition coefficient (Wildman–Crippen LogP) is 3.58. The first-order valence-corrected chi connectivity index (χ1v) is 7.15. The van der Waals surface area contributed by atoms with Gasteiger partial charge in [-0.05, 0) is 16.7 Å². The molecule has 112 valence electrons. The number of aliphatic hydroxyl groups excluding tert-OH is 1. The van der Waals surface area contributed by atoms with E-state index in [9.17, 15) is 5.11 Å². The SMILES string of the molecule is CO.OC(c1ccccc1)(c1ccccc1)c1ccccc1. The molecule has 0 saturated carbocycles. The lowest BCUT2D eigenvalue weighted by atomic mass is 9.80. The second-order valence-corrected chi connectivity index (χ2v) is 4.81. The van der Waals surface area contributed by atoms with Crippen LogP contribution >= 0.6 is 0 Å². The summed E-state index contributed by atoms with van der Waals surface area (Å²) in [7, 11) is 1.00. The second-order valence-electron chi connectivity index (χ2n) is 4.81. The van der Waals surface area contributed by atoms with Crippen LogP contribution in [-0.2, 0) is 5.60 Å². The Morgan fingerprint density at radius 3 is 0.955 bits per heavy atom. The number of rotatable bonds is 3. The predicted molar refractivity (Wildman–Crippen MR) is 89.6 cm³/mol. The third kappa shape index (κ3) is 3.08. The zero-order valence-electron chi connectivity index (χ0n) is 12.6. The summed E-state index contributed by atoms with van der Waals surface area (Å²) in [5.74, 6) is 0. The van der Waals surface area contributed by atoms with Crippen LogP contribution in [0.3, 0.4) is 0 Å². The Kier molecular flexibility index (Phi) is 5.48. The summed E-state index contributed by atoms with van der Waals surface area (Å²) in [5, 5.41) is 18.4. The van der Waals surface area contributed by atoms with Crippen LogP contribution in [0.5, 0.6) is 0 Å². The van der Waals surface area contributed by atoms with Crippen LogP contribution in [0, 0.1) is 0 Å². The number of hydrogen-bond acceptors (Lipinski definition) is 2. The van der Waals surface area contributed by atoms with Gasteiger partial charge in [0.2, 0.25) is 0 Å². The minimum atomic E-state index is -1.12. The summed E-state index contributed by atoms with van der Waals surface area (Å²) < 4.78 is 0. The molecule has 0 amide bonds. The molecule has 2 N–H and O–H groups in total. The largest absolute Gasteiger partial charge is 0.400 e. The van der Waals surface area contributed by atoms with Gasteiger partial charge in [-0.25, -0.2) is 0 Å². The van der Waals surface area contributed by atoms with E-state index in [1.165, 1.54) is 0 Å². The van der Waals surface area contributed by atoms with Crippen molar-refractivity contribution in [3.05, 3.63) is 108 Å². The van der Waals surface area contributed by atoms with Gasteiger partial charge in [0, 0.05) is 7.11 Å². The summed E-state index contributed by atoms with van der Waals surface area (Å²) in [6.45, 7) is 0.